The molecule has 0 aromatic carbocycles. The smallest absolute Gasteiger partial charge is 0.0220 e. The molecule has 2 fully saturated rings. The van der Waals surface area contributed by atoms with Crippen molar-refractivity contribution in [2.24, 2.45) is 5.92 Å². The van der Waals surface area contributed by atoms with E-state index in [0.29, 0.717) is 0 Å². The molecule has 17 heavy (non-hydrogen) atoms. The lowest BCUT2D eigenvalue weighted by Crippen LogP contribution is -2.50. The fourth-order valence-electron chi connectivity index (χ4n) is 3.59. The van der Waals surface area contributed by atoms with E-state index in [1.807, 2.05) is 0 Å². The molecule has 2 aliphatic rings. The molecule has 2 nitrogen and oxygen atoms in total. The van der Waals surface area contributed by atoms with Gasteiger partial charge in [-0.2, -0.15) is 0 Å². The fourth-order valence-corrected chi connectivity index (χ4v) is 3.59. The summed E-state index contributed by atoms with van der Waals surface area (Å²) in [5.74, 6) is 0.862. The molecule has 0 aromatic heterocycles. The van der Waals surface area contributed by atoms with E-state index in [1.165, 1.54) is 64.6 Å². The second kappa shape index (κ2) is 6.75. The Morgan fingerprint density at radius 1 is 1.06 bits per heavy atom. The molecule has 1 aliphatic carbocycles. The summed E-state index contributed by atoms with van der Waals surface area (Å²) in [7, 11) is 0. The van der Waals surface area contributed by atoms with Gasteiger partial charge in [0.25, 0.3) is 0 Å². The minimum Gasteiger partial charge on any atom is -0.312 e. The third-order valence-corrected chi connectivity index (χ3v) is 4.86. The van der Waals surface area contributed by atoms with Crippen LogP contribution < -0.4 is 5.32 Å². The van der Waals surface area contributed by atoms with Gasteiger partial charge in [0.15, 0.2) is 0 Å². The van der Waals surface area contributed by atoms with E-state index in [9.17, 15) is 0 Å². The van der Waals surface area contributed by atoms with Crippen LogP contribution >= 0.6 is 0 Å². The van der Waals surface area contributed by atoms with E-state index >= 15 is 0 Å². The van der Waals surface area contributed by atoms with Gasteiger partial charge in [0.2, 0.25) is 0 Å². The predicted molar refractivity (Wildman–Crippen MR) is 74.3 cm³/mol. The van der Waals surface area contributed by atoms with Crippen LogP contribution in [0.25, 0.3) is 0 Å². The molecule has 0 bridgehead atoms. The van der Waals surface area contributed by atoms with Gasteiger partial charge in [0.05, 0.1) is 0 Å². The van der Waals surface area contributed by atoms with Gasteiger partial charge in [0, 0.05) is 18.6 Å². The van der Waals surface area contributed by atoms with Gasteiger partial charge in [-0.1, -0.05) is 33.1 Å². The number of nitrogens with one attached hydrogen (secondary N) is 1. The maximum absolute atomic E-state index is 3.73. The average molecular weight is 238 g/mol. The zero-order chi connectivity index (χ0) is 12.1. The summed E-state index contributed by atoms with van der Waals surface area (Å²) in [4.78, 5) is 2.75. The summed E-state index contributed by atoms with van der Waals surface area (Å²) >= 11 is 0. The van der Waals surface area contributed by atoms with Crippen molar-refractivity contribution in [3.05, 3.63) is 0 Å². The number of piperidine rings is 1. The Kier molecular flexibility index (Phi) is 5.30. The molecule has 1 N–H and O–H groups in total. The van der Waals surface area contributed by atoms with Crippen molar-refractivity contribution < 1.29 is 0 Å². The Morgan fingerprint density at radius 2 is 1.82 bits per heavy atom. The monoisotopic (exact) mass is 238 g/mol. The van der Waals surface area contributed by atoms with E-state index in [0.717, 1.165) is 18.0 Å². The normalized spacial score (nSPS) is 31.9. The van der Waals surface area contributed by atoms with Crippen molar-refractivity contribution in [3.8, 4) is 0 Å². The molecule has 0 amide bonds. The first kappa shape index (κ1) is 13.4. The van der Waals surface area contributed by atoms with Gasteiger partial charge in [-0.05, 0) is 44.7 Å². The lowest BCUT2D eigenvalue weighted by Gasteiger charge is -2.39. The third kappa shape index (κ3) is 3.69. The van der Waals surface area contributed by atoms with Crippen molar-refractivity contribution in [1.29, 1.82) is 0 Å². The van der Waals surface area contributed by atoms with Gasteiger partial charge in [-0.3, -0.25) is 4.90 Å². The standard InChI is InChI=1S/C15H30N2/c1-3-17(14-9-5-4-6-10-14)12-15-13(2)8-7-11-16-15/h13-16H,3-12H2,1-2H3. The number of hydrogen-bond acceptors (Lipinski definition) is 2. The van der Waals surface area contributed by atoms with Crippen LogP contribution in [0.15, 0.2) is 0 Å². The lowest BCUT2D eigenvalue weighted by molar-refractivity contribution is 0.125. The molecular weight excluding hydrogens is 208 g/mol. The van der Waals surface area contributed by atoms with E-state index in [1.54, 1.807) is 0 Å². The summed E-state index contributed by atoms with van der Waals surface area (Å²) in [5, 5.41) is 3.73. The molecule has 100 valence electrons. The van der Waals surface area contributed by atoms with E-state index < -0.39 is 0 Å². The van der Waals surface area contributed by atoms with Crippen LogP contribution in [0.2, 0.25) is 0 Å². The van der Waals surface area contributed by atoms with Gasteiger partial charge >= 0.3 is 0 Å². The molecular formula is C15H30N2. The number of rotatable bonds is 4. The minimum absolute atomic E-state index is 0.741. The van der Waals surface area contributed by atoms with Crippen LogP contribution in [-0.2, 0) is 0 Å². The molecule has 2 heteroatoms. The molecule has 2 unspecified atom stereocenters. The summed E-state index contributed by atoms with van der Waals surface area (Å²) in [6.07, 6.45) is 10.0. The number of nitrogens with zero attached hydrogens (tertiary/aromatic N) is 1. The highest BCUT2D eigenvalue weighted by atomic mass is 15.2. The molecule has 1 heterocycles. The SMILES string of the molecule is CCN(CC1NCCCC1C)C1CCCCC1. The van der Waals surface area contributed by atoms with Crippen LogP contribution in [0.1, 0.15) is 58.8 Å². The lowest BCUT2D eigenvalue weighted by atomic mass is 9.90. The zero-order valence-corrected chi connectivity index (χ0v) is 11.8. The molecule has 0 spiro atoms. The summed E-state index contributed by atoms with van der Waals surface area (Å²) in [6.45, 7) is 8.50. The molecule has 1 saturated heterocycles. The Labute approximate surface area is 107 Å². The molecule has 0 radical (unpaired) electrons. The maximum Gasteiger partial charge on any atom is 0.0220 e. The predicted octanol–water partition coefficient (Wildman–Crippen LogP) is 3.03. The van der Waals surface area contributed by atoms with Crippen LogP contribution in [0.5, 0.6) is 0 Å². The van der Waals surface area contributed by atoms with Crippen LogP contribution in [0.4, 0.5) is 0 Å². The highest BCUT2D eigenvalue weighted by Crippen LogP contribution is 2.24. The van der Waals surface area contributed by atoms with Crippen molar-refractivity contribution in [3.63, 3.8) is 0 Å². The van der Waals surface area contributed by atoms with Gasteiger partial charge in [-0.15, -0.1) is 0 Å². The first-order valence-electron chi connectivity index (χ1n) is 7.78. The number of likely N-dealkylation sites (N-methyl/N-ethyl adjacent to an activating group) is 1. The van der Waals surface area contributed by atoms with Gasteiger partial charge < -0.3 is 5.32 Å². The molecule has 1 aliphatic heterocycles. The highest BCUT2D eigenvalue weighted by Gasteiger charge is 2.26. The van der Waals surface area contributed by atoms with Crippen molar-refractivity contribution in [2.45, 2.75) is 70.9 Å². The Morgan fingerprint density at radius 3 is 2.47 bits per heavy atom. The molecule has 2 atom stereocenters. The van der Waals surface area contributed by atoms with Crippen LogP contribution in [0.3, 0.4) is 0 Å². The third-order valence-electron chi connectivity index (χ3n) is 4.86. The second-order valence-corrected chi connectivity index (χ2v) is 6.06. The molecule has 1 saturated carbocycles. The van der Waals surface area contributed by atoms with Crippen LogP contribution in [0, 0.1) is 5.92 Å². The molecule has 0 aromatic rings. The van der Waals surface area contributed by atoms with Crippen molar-refractivity contribution in [1.82, 2.24) is 10.2 Å². The topological polar surface area (TPSA) is 15.3 Å². The Balaban J connectivity index is 1.84. The number of hydrogen-bond donors (Lipinski definition) is 1. The van der Waals surface area contributed by atoms with Crippen molar-refractivity contribution in [2.75, 3.05) is 19.6 Å². The molecule has 2 rings (SSSR count). The summed E-state index contributed by atoms with van der Waals surface area (Å²) in [6, 6.07) is 1.62. The maximum atomic E-state index is 3.73. The summed E-state index contributed by atoms with van der Waals surface area (Å²) < 4.78 is 0. The largest absolute Gasteiger partial charge is 0.312 e. The van der Waals surface area contributed by atoms with E-state index in [2.05, 4.69) is 24.1 Å². The van der Waals surface area contributed by atoms with Gasteiger partial charge in [0.1, 0.15) is 0 Å². The Bertz CT molecular complexity index is 211. The quantitative estimate of drug-likeness (QED) is 0.810. The Hall–Kier alpha value is -0.0800. The highest BCUT2D eigenvalue weighted by molar-refractivity contribution is 4.84. The summed E-state index contributed by atoms with van der Waals surface area (Å²) in [5.41, 5.74) is 0. The van der Waals surface area contributed by atoms with E-state index in [-0.39, 0.29) is 0 Å². The average Bonchev–Trinajstić information content (AvgIpc) is 2.39. The van der Waals surface area contributed by atoms with Gasteiger partial charge in [-0.25, -0.2) is 0 Å². The second-order valence-electron chi connectivity index (χ2n) is 6.06. The first-order valence-corrected chi connectivity index (χ1v) is 7.78. The van der Waals surface area contributed by atoms with E-state index in [4.69, 9.17) is 0 Å². The zero-order valence-electron chi connectivity index (χ0n) is 11.8. The first-order chi connectivity index (χ1) is 8.31. The van der Waals surface area contributed by atoms with Crippen molar-refractivity contribution >= 4 is 0 Å². The minimum atomic E-state index is 0.741. The fraction of sp³-hybridized carbons (Fsp3) is 1.00. The van der Waals surface area contributed by atoms with Crippen LogP contribution in [-0.4, -0.2) is 36.6 Å².